The topological polar surface area (TPSA) is 41.1 Å². The van der Waals surface area contributed by atoms with E-state index in [0.29, 0.717) is 5.92 Å². The zero-order chi connectivity index (χ0) is 12.4. The van der Waals surface area contributed by atoms with Gasteiger partial charge in [-0.3, -0.25) is 0 Å². The van der Waals surface area contributed by atoms with Crippen molar-refractivity contribution in [1.29, 1.82) is 0 Å². The van der Waals surface area contributed by atoms with Gasteiger partial charge >= 0.3 is 0 Å². The molecule has 1 aromatic rings. The van der Waals surface area contributed by atoms with Crippen LogP contribution in [-0.4, -0.2) is 35.5 Å². The van der Waals surface area contributed by atoms with E-state index in [4.69, 9.17) is 0 Å². The SMILES string of the molecule is CCNc1nc(CN(C)C)nc(C2CC2)c1Br. The Balaban J connectivity index is 2.33. The van der Waals surface area contributed by atoms with E-state index in [0.717, 1.165) is 29.2 Å². The zero-order valence-corrected chi connectivity index (χ0v) is 12.2. The molecule has 2 rings (SSSR count). The summed E-state index contributed by atoms with van der Waals surface area (Å²) in [6.07, 6.45) is 2.51. The number of halogens is 1. The number of rotatable bonds is 5. The van der Waals surface area contributed by atoms with Crippen LogP contribution in [0.1, 0.15) is 37.2 Å². The molecular formula is C12H19BrN4. The van der Waals surface area contributed by atoms with Crippen molar-refractivity contribution in [2.75, 3.05) is 26.0 Å². The van der Waals surface area contributed by atoms with Gasteiger partial charge in [-0.05, 0) is 49.8 Å². The summed E-state index contributed by atoms with van der Waals surface area (Å²) in [5, 5.41) is 3.30. The third-order valence-electron chi connectivity index (χ3n) is 2.69. The van der Waals surface area contributed by atoms with Crippen LogP contribution >= 0.6 is 15.9 Å². The predicted octanol–water partition coefficient (Wildman–Crippen LogP) is 2.61. The van der Waals surface area contributed by atoms with Crippen molar-refractivity contribution in [2.45, 2.75) is 32.2 Å². The lowest BCUT2D eigenvalue weighted by molar-refractivity contribution is 0.389. The fourth-order valence-corrected chi connectivity index (χ4v) is 2.42. The van der Waals surface area contributed by atoms with Gasteiger partial charge in [0, 0.05) is 12.5 Å². The monoisotopic (exact) mass is 298 g/mol. The molecule has 0 saturated heterocycles. The second-order valence-electron chi connectivity index (χ2n) is 4.73. The first-order valence-corrected chi connectivity index (χ1v) is 6.86. The number of nitrogens with one attached hydrogen (secondary N) is 1. The molecule has 1 fully saturated rings. The van der Waals surface area contributed by atoms with Gasteiger partial charge in [0.1, 0.15) is 11.6 Å². The van der Waals surface area contributed by atoms with E-state index in [2.05, 4.69) is 43.0 Å². The molecule has 1 N–H and O–H groups in total. The molecule has 1 aliphatic carbocycles. The highest BCUT2D eigenvalue weighted by atomic mass is 79.9. The smallest absolute Gasteiger partial charge is 0.145 e. The van der Waals surface area contributed by atoms with Gasteiger partial charge in [-0.25, -0.2) is 9.97 Å². The average Bonchev–Trinajstić information content (AvgIpc) is 3.05. The Morgan fingerprint density at radius 2 is 2.06 bits per heavy atom. The van der Waals surface area contributed by atoms with Gasteiger partial charge in [0.05, 0.1) is 16.7 Å². The molecule has 1 aliphatic rings. The molecule has 17 heavy (non-hydrogen) atoms. The molecule has 0 amide bonds. The molecule has 0 aliphatic heterocycles. The van der Waals surface area contributed by atoms with Gasteiger partial charge < -0.3 is 10.2 Å². The molecule has 0 spiro atoms. The highest BCUT2D eigenvalue weighted by Gasteiger charge is 2.29. The van der Waals surface area contributed by atoms with Gasteiger partial charge in [-0.1, -0.05) is 0 Å². The van der Waals surface area contributed by atoms with Crippen molar-refractivity contribution in [3.63, 3.8) is 0 Å². The Morgan fingerprint density at radius 1 is 1.35 bits per heavy atom. The Bertz CT molecular complexity index is 402. The highest BCUT2D eigenvalue weighted by Crippen LogP contribution is 2.43. The molecule has 1 heterocycles. The molecule has 4 nitrogen and oxygen atoms in total. The molecule has 0 atom stereocenters. The van der Waals surface area contributed by atoms with E-state index in [9.17, 15) is 0 Å². The Morgan fingerprint density at radius 3 is 2.59 bits per heavy atom. The molecule has 5 heteroatoms. The minimum absolute atomic E-state index is 0.630. The minimum atomic E-state index is 0.630. The number of hydrogen-bond acceptors (Lipinski definition) is 4. The summed E-state index contributed by atoms with van der Waals surface area (Å²) < 4.78 is 1.05. The van der Waals surface area contributed by atoms with Crippen LogP contribution in [-0.2, 0) is 6.54 Å². The second-order valence-corrected chi connectivity index (χ2v) is 5.52. The van der Waals surface area contributed by atoms with Crippen molar-refractivity contribution in [1.82, 2.24) is 14.9 Å². The van der Waals surface area contributed by atoms with Crippen LogP contribution in [0.5, 0.6) is 0 Å². The summed E-state index contributed by atoms with van der Waals surface area (Å²) in [5.74, 6) is 2.46. The molecule has 0 unspecified atom stereocenters. The maximum absolute atomic E-state index is 4.68. The molecule has 0 aromatic carbocycles. The summed E-state index contributed by atoms with van der Waals surface area (Å²) >= 11 is 3.62. The maximum atomic E-state index is 4.68. The van der Waals surface area contributed by atoms with Crippen molar-refractivity contribution in [3.8, 4) is 0 Å². The molecule has 0 radical (unpaired) electrons. The van der Waals surface area contributed by atoms with Crippen LogP contribution in [0.4, 0.5) is 5.82 Å². The number of aromatic nitrogens is 2. The van der Waals surface area contributed by atoms with Crippen molar-refractivity contribution in [3.05, 3.63) is 16.0 Å². The van der Waals surface area contributed by atoms with Gasteiger partial charge in [-0.15, -0.1) is 0 Å². The van der Waals surface area contributed by atoms with Crippen LogP contribution in [0.25, 0.3) is 0 Å². The molecule has 0 bridgehead atoms. The van der Waals surface area contributed by atoms with E-state index in [-0.39, 0.29) is 0 Å². The Labute approximate surface area is 111 Å². The Kier molecular flexibility index (Phi) is 3.99. The quantitative estimate of drug-likeness (QED) is 0.907. The lowest BCUT2D eigenvalue weighted by Crippen LogP contribution is -2.16. The van der Waals surface area contributed by atoms with Crippen molar-refractivity contribution >= 4 is 21.7 Å². The summed E-state index contributed by atoms with van der Waals surface area (Å²) in [6.45, 7) is 3.74. The average molecular weight is 299 g/mol. The van der Waals surface area contributed by atoms with Gasteiger partial charge in [-0.2, -0.15) is 0 Å². The first kappa shape index (κ1) is 12.8. The van der Waals surface area contributed by atoms with Crippen LogP contribution in [0.3, 0.4) is 0 Å². The second kappa shape index (κ2) is 5.31. The normalized spacial score (nSPS) is 15.4. The number of nitrogens with zero attached hydrogens (tertiary/aromatic N) is 3. The van der Waals surface area contributed by atoms with E-state index >= 15 is 0 Å². The minimum Gasteiger partial charge on any atom is -0.369 e. The first-order chi connectivity index (χ1) is 8.11. The standard InChI is InChI=1S/C12H19BrN4/c1-4-14-12-10(13)11(8-5-6-8)15-9(16-12)7-17(2)3/h8H,4-7H2,1-3H3,(H,14,15,16). The molecule has 1 aromatic heterocycles. The molecule has 1 saturated carbocycles. The Hall–Kier alpha value is -0.680. The maximum Gasteiger partial charge on any atom is 0.145 e. The fourth-order valence-electron chi connectivity index (χ4n) is 1.78. The third-order valence-corrected chi connectivity index (χ3v) is 3.47. The lowest BCUT2D eigenvalue weighted by Gasteiger charge is -2.14. The zero-order valence-electron chi connectivity index (χ0n) is 10.6. The van der Waals surface area contributed by atoms with Crippen LogP contribution in [0.2, 0.25) is 0 Å². The first-order valence-electron chi connectivity index (χ1n) is 6.06. The van der Waals surface area contributed by atoms with Crippen molar-refractivity contribution < 1.29 is 0 Å². The van der Waals surface area contributed by atoms with E-state index < -0.39 is 0 Å². The summed E-state index contributed by atoms with van der Waals surface area (Å²) in [6, 6.07) is 0. The van der Waals surface area contributed by atoms with Gasteiger partial charge in [0.2, 0.25) is 0 Å². The number of anilines is 1. The van der Waals surface area contributed by atoms with Crippen molar-refractivity contribution in [2.24, 2.45) is 0 Å². The summed E-state index contributed by atoms with van der Waals surface area (Å²) in [7, 11) is 4.07. The summed E-state index contributed by atoms with van der Waals surface area (Å²) in [4.78, 5) is 11.3. The summed E-state index contributed by atoms with van der Waals surface area (Å²) in [5.41, 5.74) is 1.17. The van der Waals surface area contributed by atoms with Crippen LogP contribution < -0.4 is 5.32 Å². The lowest BCUT2D eigenvalue weighted by atomic mass is 10.2. The highest BCUT2D eigenvalue weighted by molar-refractivity contribution is 9.10. The fraction of sp³-hybridized carbons (Fsp3) is 0.667. The third kappa shape index (κ3) is 3.16. The van der Waals surface area contributed by atoms with Gasteiger partial charge in [0.25, 0.3) is 0 Å². The molecule has 94 valence electrons. The van der Waals surface area contributed by atoms with E-state index in [1.54, 1.807) is 0 Å². The largest absolute Gasteiger partial charge is 0.369 e. The van der Waals surface area contributed by atoms with E-state index in [1.807, 2.05) is 14.1 Å². The molecular weight excluding hydrogens is 280 g/mol. The number of hydrogen-bond donors (Lipinski definition) is 1. The predicted molar refractivity (Wildman–Crippen MR) is 73.3 cm³/mol. The van der Waals surface area contributed by atoms with Crippen LogP contribution in [0, 0.1) is 0 Å². The van der Waals surface area contributed by atoms with Gasteiger partial charge in [0.15, 0.2) is 0 Å². The van der Waals surface area contributed by atoms with Crippen LogP contribution in [0.15, 0.2) is 4.47 Å². The van der Waals surface area contributed by atoms with E-state index in [1.165, 1.54) is 18.5 Å².